The zero-order valence-electron chi connectivity index (χ0n) is 15.1. The van der Waals surface area contributed by atoms with Gasteiger partial charge >= 0.3 is 0 Å². The van der Waals surface area contributed by atoms with E-state index in [4.69, 9.17) is 11.6 Å². The van der Waals surface area contributed by atoms with Crippen molar-refractivity contribution in [2.75, 3.05) is 13.1 Å². The quantitative estimate of drug-likeness (QED) is 0.659. The minimum atomic E-state index is -0.0666. The summed E-state index contributed by atoms with van der Waals surface area (Å²) in [6.07, 6.45) is 2.96. The van der Waals surface area contributed by atoms with Gasteiger partial charge in [-0.3, -0.25) is 4.79 Å². The Kier molecular flexibility index (Phi) is 4.82. The zero-order chi connectivity index (χ0) is 18.8. The van der Waals surface area contributed by atoms with Crippen LogP contribution in [0.3, 0.4) is 0 Å². The smallest absolute Gasteiger partial charge is 0.259 e. The molecule has 0 saturated carbocycles. The molecule has 0 fully saturated rings. The molecule has 0 aliphatic carbocycles. The van der Waals surface area contributed by atoms with Crippen molar-refractivity contribution in [2.24, 2.45) is 0 Å². The number of carbonyl (C=O) groups is 1. The Bertz CT molecular complexity index is 993. The van der Waals surface area contributed by atoms with Crippen LogP contribution in [0, 0.1) is 6.92 Å². The van der Waals surface area contributed by atoms with Gasteiger partial charge in [-0.25, -0.2) is 4.68 Å². The predicted octanol–water partition coefficient (Wildman–Crippen LogP) is 4.76. The van der Waals surface area contributed by atoms with Gasteiger partial charge in [0.15, 0.2) is 0 Å². The Labute approximate surface area is 163 Å². The first kappa shape index (κ1) is 17.6. The van der Waals surface area contributed by atoms with Crippen molar-refractivity contribution in [2.45, 2.75) is 13.3 Å². The molecule has 136 valence electrons. The second-order valence-corrected chi connectivity index (χ2v) is 6.95. The van der Waals surface area contributed by atoms with Crippen LogP contribution >= 0.6 is 11.6 Å². The minimum absolute atomic E-state index is 0.0666. The summed E-state index contributed by atoms with van der Waals surface area (Å²) in [6, 6.07) is 19.9. The average Bonchev–Trinajstić information content (AvgIpc) is 3.03. The van der Waals surface area contributed by atoms with E-state index in [-0.39, 0.29) is 5.91 Å². The summed E-state index contributed by atoms with van der Waals surface area (Å²) >= 11 is 6.54. The van der Waals surface area contributed by atoms with Crippen LogP contribution in [0.25, 0.3) is 11.3 Å². The topological polar surface area (TPSA) is 38.1 Å². The molecule has 0 radical (unpaired) electrons. The number of hydrogen-bond donors (Lipinski definition) is 0. The van der Waals surface area contributed by atoms with Crippen LogP contribution in [-0.2, 0) is 0 Å². The largest absolute Gasteiger partial charge is 0.334 e. The standard InChI is InChI=1S/C22H20ClN3O/c1-16-20(21(23)26(24-16)19-10-6-3-7-11-19)22(27)25-14-12-18(13-15-25)17-8-4-2-5-9-17/h2-12H,13-15H2,1H3. The molecule has 0 unspecified atom stereocenters. The zero-order valence-corrected chi connectivity index (χ0v) is 15.9. The van der Waals surface area contributed by atoms with Gasteiger partial charge in [0.2, 0.25) is 0 Å². The lowest BCUT2D eigenvalue weighted by atomic mass is 9.99. The lowest BCUT2D eigenvalue weighted by molar-refractivity contribution is 0.0772. The van der Waals surface area contributed by atoms with Crippen molar-refractivity contribution in [3.63, 3.8) is 0 Å². The molecule has 4 rings (SSSR count). The van der Waals surface area contributed by atoms with Crippen molar-refractivity contribution in [3.05, 3.63) is 88.7 Å². The van der Waals surface area contributed by atoms with Crippen LogP contribution < -0.4 is 0 Å². The monoisotopic (exact) mass is 377 g/mol. The molecule has 0 bridgehead atoms. The summed E-state index contributed by atoms with van der Waals surface area (Å²) in [5.41, 5.74) is 4.47. The van der Waals surface area contributed by atoms with Crippen LogP contribution in [0.4, 0.5) is 0 Å². The first-order valence-corrected chi connectivity index (χ1v) is 9.37. The van der Waals surface area contributed by atoms with Gasteiger partial charge in [-0.2, -0.15) is 5.10 Å². The summed E-state index contributed by atoms with van der Waals surface area (Å²) < 4.78 is 1.62. The van der Waals surface area contributed by atoms with Gasteiger partial charge in [0.1, 0.15) is 5.15 Å². The van der Waals surface area contributed by atoms with Crippen LogP contribution in [0.2, 0.25) is 5.15 Å². The normalized spacial score (nSPS) is 14.1. The Morgan fingerprint density at radius 3 is 2.33 bits per heavy atom. The van der Waals surface area contributed by atoms with E-state index in [1.165, 1.54) is 11.1 Å². The maximum absolute atomic E-state index is 13.1. The summed E-state index contributed by atoms with van der Waals surface area (Å²) in [6.45, 7) is 3.08. The Balaban J connectivity index is 1.58. The second kappa shape index (κ2) is 7.41. The third-order valence-electron chi connectivity index (χ3n) is 4.86. The first-order valence-electron chi connectivity index (χ1n) is 8.99. The van der Waals surface area contributed by atoms with Crippen molar-refractivity contribution in [3.8, 4) is 5.69 Å². The molecule has 2 heterocycles. The van der Waals surface area contributed by atoms with Gasteiger partial charge in [0.25, 0.3) is 5.91 Å². The number of rotatable bonds is 3. The number of hydrogen-bond acceptors (Lipinski definition) is 2. The summed E-state index contributed by atoms with van der Waals surface area (Å²) in [5.74, 6) is -0.0666. The Hall–Kier alpha value is -2.85. The predicted molar refractivity (Wildman–Crippen MR) is 108 cm³/mol. The number of halogens is 1. The number of aryl methyl sites for hydroxylation is 1. The summed E-state index contributed by atoms with van der Waals surface area (Å²) in [5, 5.41) is 4.84. The molecule has 1 aromatic heterocycles. The van der Waals surface area contributed by atoms with E-state index < -0.39 is 0 Å². The molecular formula is C22H20ClN3O. The highest BCUT2D eigenvalue weighted by Gasteiger charge is 2.26. The van der Waals surface area contributed by atoms with E-state index in [0.717, 1.165) is 12.1 Å². The molecule has 1 amide bonds. The summed E-state index contributed by atoms with van der Waals surface area (Å²) in [7, 11) is 0. The lowest BCUT2D eigenvalue weighted by Crippen LogP contribution is -2.35. The Morgan fingerprint density at radius 2 is 1.70 bits per heavy atom. The van der Waals surface area contributed by atoms with Gasteiger partial charge in [0, 0.05) is 13.1 Å². The molecule has 0 N–H and O–H groups in total. The second-order valence-electron chi connectivity index (χ2n) is 6.60. The molecule has 27 heavy (non-hydrogen) atoms. The molecule has 3 aromatic rings. The maximum Gasteiger partial charge on any atom is 0.259 e. The third kappa shape index (κ3) is 3.40. The van der Waals surface area contributed by atoms with Gasteiger partial charge in [0.05, 0.1) is 16.9 Å². The van der Waals surface area contributed by atoms with E-state index in [9.17, 15) is 4.79 Å². The number of carbonyl (C=O) groups excluding carboxylic acids is 1. The van der Waals surface area contributed by atoms with Crippen LogP contribution in [0.15, 0.2) is 66.7 Å². The van der Waals surface area contributed by atoms with Crippen molar-refractivity contribution < 1.29 is 4.79 Å². The van der Waals surface area contributed by atoms with Gasteiger partial charge < -0.3 is 4.90 Å². The molecular weight excluding hydrogens is 358 g/mol. The van der Waals surface area contributed by atoms with Gasteiger partial charge in [-0.15, -0.1) is 0 Å². The van der Waals surface area contributed by atoms with E-state index >= 15 is 0 Å². The molecule has 0 spiro atoms. The van der Waals surface area contributed by atoms with E-state index in [2.05, 4.69) is 23.3 Å². The summed E-state index contributed by atoms with van der Waals surface area (Å²) in [4.78, 5) is 14.9. The SMILES string of the molecule is Cc1nn(-c2ccccc2)c(Cl)c1C(=O)N1CC=C(c2ccccc2)CC1. The fourth-order valence-electron chi connectivity index (χ4n) is 3.41. The fraction of sp³-hybridized carbons (Fsp3) is 0.182. The molecule has 1 aliphatic heterocycles. The lowest BCUT2D eigenvalue weighted by Gasteiger charge is -2.26. The molecule has 2 aromatic carbocycles. The molecule has 0 saturated heterocycles. The van der Waals surface area contributed by atoms with E-state index in [0.29, 0.717) is 29.5 Å². The number of nitrogens with zero attached hydrogens (tertiary/aromatic N) is 3. The highest BCUT2D eigenvalue weighted by Crippen LogP contribution is 2.27. The van der Waals surface area contributed by atoms with E-state index in [1.807, 2.05) is 60.4 Å². The molecule has 5 heteroatoms. The van der Waals surface area contributed by atoms with Gasteiger partial charge in [-0.05, 0) is 36.6 Å². The molecule has 4 nitrogen and oxygen atoms in total. The highest BCUT2D eigenvalue weighted by atomic mass is 35.5. The van der Waals surface area contributed by atoms with Crippen LogP contribution in [0.5, 0.6) is 0 Å². The highest BCUT2D eigenvalue weighted by molar-refractivity contribution is 6.33. The van der Waals surface area contributed by atoms with E-state index in [1.54, 1.807) is 4.68 Å². The maximum atomic E-state index is 13.1. The number of aromatic nitrogens is 2. The number of para-hydroxylation sites is 1. The molecule has 0 atom stereocenters. The number of amides is 1. The Morgan fingerprint density at radius 1 is 1.04 bits per heavy atom. The number of benzene rings is 2. The van der Waals surface area contributed by atoms with Crippen LogP contribution in [-0.4, -0.2) is 33.7 Å². The minimum Gasteiger partial charge on any atom is -0.334 e. The van der Waals surface area contributed by atoms with Crippen molar-refractivity contribution in [1.82, 2.24) is 14.7 Å². The molecule has 1 aliphatic rings. The van der Waals surface area contributed by atoms with Crippen LogP contribution in [0.1, 0.15) is 28.0 Å². The first-order chi connectivity index (χ1) is 13.1. The third-order valence-corrected chi connectivity index (χ3v) is 5.21. The van der Waals surface area contributed by atoms with Crippen molar-refractivity contribution in [1.29, 1.82) is 0 Å². The van der Waals surface area contributed by atoms with Crippen molar-refractivity contribution >= 4 is 23.1 Å². The van der Waals surface area contributed by atoms with Gasteiger partial charge in [-0.1, -0.05) is 66.2 Å². The fourth-order valence-corrected chi connectivity index (χ4v) is 3.76. The average molecular weight is 378 g/mol.